The summed E-state index contributed by atoms with van der Waals surface area (Å²) in [5.74, 6) is 0.181. The molecule has 1 aromatic carbocycles. The molecule has 1 heterocycles. The highest BCUT2D eigenvalue weighted by molar-refractivity contribution is 9.10. The monoisotopic (exact) mass is 365 g/mol. The second-order valence-corrected chi connectivity index (χ2v) is 6.45. The summed E-state index contributed by atoms with van der Waals surface area (Å²) >= 11 is 9.08. The Morgan fingerprint density at radius 1 is 1.47 bits per heavy atom. The molecule has 0 unspecified atom stereocenters. The van der Waals surface area contributed by atoms with E-state index in [2.05, 4.69) is 30.8 Å². The van der Waals surface area contributed by atoms with Crippen LogP contribution in [0.25, 0.3) is 0 Å². The predicted octanol–water partition coefficient (Wildman–Crippen LogP) is 2.63. The van der Waals surface area contributed by atoms with E-state index in [1.807, 2.05) is 0 Å². The van der Waals surface area contributed by atoms with Crippen LogP contribution in [0.2, 0.25) is 5.02 Å². The molecule has 2 aromatic rings. The van der Waals surface area contributed by atoms with Gasteiger partial charge < -0.3 is 4.74 Å². The lowest BCUT2D eigenvalue weighted by Gasteiger charge is -2.12. The maximum atomic E-state index is 12.3. The number of methoxy groups -OCH3 is 1. The number of rotatable bonds is 4. The fourth-order valence-electron chi connectivity index (χ4n) is 1.45. The third-order valence-electron chi connectivity index (χ3n) is 2.22. The lowest BCUT2D eigenvalue weighted by Crippen LogP contribution is -2.14. The van der Waals surface area contributed by atoms with Gasteiger partial charge in [-0.25, -0.2) is 8.42 Å². The number of anilines is 1. The average Bonchev–Trinajstić information content (AvgIpc) is 2.80. The van der Waals surface area contributed by atoms with Crippen LogP contribution in [0.4, 0.5) is 5.69 Å². The van der Waals surface area contributed by atoms with Crippen LogP contribution < -0.4 is 9.46 Å². The smallest absolute Gasteiger partial charge is 0.265 e. The largest absolute Gasteiger partial charge is 0.494 e. The van der Waals surface area contributed by atoms with Crippen molar-refractivity contribution in [2.45, 2.75) is 4.90 Å². The highest BCUT2D eigenvalue weighted by atomic mass is 79.9. The third-order valence-corrected chi connectivity index (χ3v) is 4.41. The fraction of sp³-hybridized carbons (Fsp3) is 0.100. The van der Waals surface area contributed by atoms with Gasteiger partial charge in [-0.05, 0) is 28.1 Å². The van der Waals surface area contributed by atoms with E-state index in [1.54, 1.807) is 6.07 Å². The number of nitrogens with one attached hydrogen (secondary N) is 2. The molecule has 2 N–H and O–H groups in total. The minimum atomic E-state index is -3.82. The molecule has 0 saturated carbocycles. The van der Waals surface area contributed by atoms with E-state index >= 15 is 0 Å². The molecular weight excluding hydrogens is 358 g/mol. The quantitative estimate of drug-likeness (QED) is 0.871. The maximum absolute atomic E-state index is 12.3. The Balaban J connectivity index is 2.51. The number of hydrogen-bond acceptors (Lipinski definition) is 4. The number of halogens is 2. The molecule has 0 radical (unpaired) electrons. The minimum Gasteiger partial charge on any atom is -0.494 e. The summed E-state index contributed by atoms with van der Waals surface area (Å²) in [6, 6.07) is 2.87. The highest BCUT2D eigenvalue weighted by Gasteiger charge is 2.22. The Morgan fingerprint density at radius 2 is 2.21 bits per heavy atom. The van der Waals surface area contributed by atoms with E-state index in [1.165, 1.54) is 25.6 Å². The summed E-state index contributed by atoms with van der Waals surface area (Å²) in [6.45, 7) is 0. The molecule has 6 nitrogen and oxygen atoms in total. The Labute approximate surface area is 123 Å². The van der Waals surface area contributed by atoms with Crippen LogP contribution >= 0.6 is 27.5 Å². The first-order valence-electron chi connectivity index (χ1n) is 4.98. The molecule has 0 aliphatic heterocycles. The molecule has 0 aliphatic carbocycles. The molecule has 0 saturated heterocycles. The first-order chi connectivity index (χ1) is 8.94. The molecule has 0 spiro atoms. The number of ether oxygens (including phenoxy) is 1. The van der Waals surface area contributed by atoms with Crippen molar-refractivity contribution in [2.75, 3.05) is 11.8 Å². The number of hydrogen-bond donors (Lipinski definition) is 2. The maximum Gasteiger partial charge on any atom is 0.265 e. The summed E-state index contributed by atoms with van der Waals surface area (Å²) in [4.78, 5) is -0.0597. The van der Waals surface area contributed by atoms with Crippen molar-refractivity contribution in [3.8, 4) is 5.75 Å². The van der Waals surface area contributed by atoms with E-state index in [4.69, 9.17) is 16.3 Å². The van der Waals surface area contributed by atoms with E-state index < -0.39 is 10.0 Å². The fourth-order valence-corrected chi connectivity index (χ4v) is 3.87. The molecule has 0 aliphatic rings. The van der Waals surface area contributed by atoms with Gasteiger partial charge in [-0.2, -0.15) is 5.10 Å². The van der Waals surface area contributed by atoms with E-state index in [0.29, 0.717) is 10.2 Å². The number of nitrogens with zero attached hydrogens (tertiary/aromatic N) is 1. The predicted molar refractivity (Wildman–Crippen MR) is 75.1 cm³/mol. The van der Waals surface area contributed by atoms with Crippen LogP contribution in [-0.4, -0.2) is 25.7 Å². The molecule has 19 heavy (non-hydrogen) atoms. The van der Waals surface area contributed by atoms with Gasteiger partial charge in [0.1, 0.15) is 4.90 Å². The minimum absolute atomic E-state index is 0.0597. The van der Waals surface area contributed by atoms with Crippen LogP contribution in [0.5, 0.6) is 5.75 Å². The van der Waals surface area contributed by atoms with Crippen LogP contribution in [0, 0.1) is 0 Å². The summed E-state index contributed by atoms with van der Waals surface area (Å²) in [6.07, 6.45) is 2.77. The van der Waals surface area contributed by atoms with Crippen LogP contribution in [0.1, 0.15) is 0 Å². The standard InChI is InChI=1S/C10H9BrClN3O3S/c1-18-10-8(11)2-6(12)3-9(10)19(16,17)15-7-4-13-14-5-7/h2-5,15H,1H3,(H,13,14). The zero-order valence-corrected chi connectivity index (χ0v) is 12.8. The number of aromatic nitrogens is 2. The number of aromatic amines is 1. The second kappa shape index (κ2) is 5.40. The van der Waals surface area contributed by atoms with Crippen molar-refractivity contribution in [3.63, 3.8) is 0 Å². The van der Waals surface area contributed by atoms with Gasteiger partial charge in [-0.1, -0.05) is 11.6 Å². The van der Waals surface area contributed by atoms with Crippen molar-refractivity contribution in [2.24, 2.45) is 0 Å². The first-order valence-corrected chi connectivity index (χ1v) is 7.64. The summed E-state index contributed by atoms with van der Waals surface area (Å²) < 4.78 is 32.4. The summed E-state index contributed by atoms with van der Waals surface area (Å²) in [5.41, 5.74) is 0.318. The molecule has 102 valence electrons. The molecule has 2 rings (SSSR count). The molecule has 0 amide bonds. The van der Waals surface area contributed by atoms with Gasteiger partial charge in [0.05, 0.1) is 23.5 Å². The molecule has 1 aromatic heterocycles. The van der Waals surface area contributed by atoms with E-state index in [9.17, 15) is 8.42 Å². The molecule has 0 atom stereocenters. The zero-order chi connectivity index (χ0) is 14.0. The van der Waals surface area contributed by atoms with Gasteiger partial charge in [-0.15, -0.1) is 0 Å². The summed E-state index contributed by atoms with van der Waals surface area (Å²) in [5, 5.41) is 6.45. The first kappa shape index (κ1) is 14.2. The lowest BCUT2D eigenvalue weighted by molar-refractivity contribution is 0.400. The van der Waals surface area contributed by atoms with Gasteiger partial charge in [0.25, 0.3) is 10.0 Å². The third kappa shape index (κ3) is 3.02. The molecule has 9 heteroatoms. The molecule has 0 fully saturated rings. The zero-order valence-electron chi connectivity index (χ0n) is 9.65. The van der Waals surface area contributed by atoms with Gasteiger partial charge in [0.2, 0.25) is 0 Å². The van der Waals surface area contributed by atoms with Gasteiger partial charge >= 0.3 is 0 Å². The highest BCUT2D eigenvalue weighted by Crippen LogP contribution is 2.36. The normalized spacial score (nSPS) is 11.3. The van der Waals surface area contributed by atoms with Gasteiger partial charge in [0.15, 0.2) is 5.75 Å². The van der Waals surface area contributed by atoms with E-state index in [0.717, 1.165) is 0 Å². The topological polar surface area (TPSA) is 84.1 Å². The van der Waals surface area contributed by atoms with E-state index in [-0.39, 0.29) is 15.7 Å². The van der Waals surface area contributed by atoms with Crippen molar-refractivity contribution in [3.05, 3.63) is 34.0 Å². The number of H-pyrrole nitrogens is 1. The van der Waals surface area contributed by atoms with Crippen molar-refractivity contribution < 1.29 is 13.2 Å². The van der Waals surface area contributed by atoms with Crippen LogP contribution in [0.15, 0.2) is 33.9 Å². The lowest BCUT2D eigenvalue weighted by atomic mass is 10.3. The second-order valence-electron chi connectivity index (χ2n) is 3.51. The molecular formula is C10H9BrClN3O3S. The van der Waals surface area contributed by atoms with Crippen LogP contribution in [0.3, 0.4) is 0 Å². The SMILES string of the molecule is COc1c(Br)cc(Cl)cc1S(=O)(=O)Nc1cn[nH]c1. The van der Waals surface area contributed by atoms with Crippen molar-refractivity contribution in [1.29, 1.82) is 0 Å². The Hall–Kier alpha value is -1.25. The number of benzene rings is 1. The van der Waals surface area contributed by atoms with Crippen LogP contribution in [-0.2, 0) is 10.0 Å². The Morgan fingerprint density at radius 3 is 2.79 bits per heavy atom. The number of sulfonamides is 1. The van der Waals surface area contributed by atoms with Gasteiger partial charge in [-0.3, -0.25) is 9.82 Å². The van der Waals surface area contributed by atoms with Crippen molar-refractivity contribution >= 4 is 43.2 Å². The van der Waals surface area contributed by atoms with Crippen molar-refractivity contribution in [1.82, 2.24) is 10.2 Å². The Bertz CT molecular complexity index is 688. The molecule has 0 bridgehead atoms. The Kier molecular flexibility index (Phi) is 4.02. The summed E-state index contributed by atoms with van der Waals surface area (Å²) in [7, 11) is -2.44. The average molecular weight is 367 g/mol. The van der Waals surface area contributed by atoms with Gasteiger partial charge in [0, 0.05) is 11.2 Å².